The number of nitrogens with one attached hydrogen (secondary N) is 1. The highest BCUT2D eigenvalue weighted by molar-refractivity contribution is 6.06. The van der Waals surface area contributed by atoms with Gasteiger partial charge in [0.15, 0.2) is 0 Å². The summed E-state index contributed by atoms with van der Waals surface area (Å²) >= 11 is 0. The van der Waals surface area contributed by atoms with Crippen molar-refractivity contribution >= 4 is 16.8 Å². The van der Waals surface area contributed by atoms with E-state index in [2.05, 4.69) is 49.3 Å². The molecular formula is C22H26IN3O. The standard InChI is InChI=1S/C22H25N3O.HI/c1-17(18-8-4-3-5-9-18)25(2)14-12-24(13-15-25)22(26)20-16-23-21-11-7-6-10-19(20)21;/h3-11,16-17H,12-15H2,1-2H3;1H. The second-order valence-corrected chi connectivity index (χ2v) is 7.55. The van der Waals surface area contributed by atoms with Crippen molar-refractivity contribution in [2.24, 2.45) is 0 Å². The van der Waals surface area contributed by atoms with Crippen LogP contribution >= 0.6 is 0 Å². The Bertz CT molecular complexity index is 913. The molecule has 1 unspecified atom stereocenters. The van der Waals surface area contributed by atoms with Crippen molar-refractivity contribution < 1.29 is 33.3 Å². The quantitative estimate of drug-likeness (QED) is 0.443. The van der Waals surface area contributed by atoms with Gasteiger partial charge in [0.1, 0.15) is 6.04 Å². The Morgan fingerprint density at radius 2 is 1.67 bits per heavy atom. The lowest BCUT2D eigenvalue weighted by atomic mass is 10.0. The summed E-state index contributed by atoms with van der Waals surface area (Å²) in [7, 11) is 2.31. The fourth-order valence-electron chi connectivity index (χ4n) is 4.02. The second-order valence-electron chi connectivity index (χ2n) is 7.55. The van der Waals surface area contributed by atoms with E-state index in [-0.39, 0.29) is 29.9 Å². The molecule has 3 aromatic rings. The first-order chi connectivity index (χ1) is 12.6. The van der Waals surface area contributed by atoms with E-state index in [1.807, 2.05) is 35.4 Å². The molecule has 5 heteroatoms. The monoisotopic (exact) mass is 475 g/mol. The van der Waals surface area contributed by atoms with E-state index in [1.54, 1.807) is 0 Å². The number of carbonyl (C=O) groups excluding carboxylic acids is 1. The van der Waals surface area contributed by atoms with E-state index in [0.29, 0.717) is 6.04 Å². The normalized spacial score (nSPS) is 17.3. The van der Waals surface area contributed by atoms with Crippen LogP contribution in [-0.4, -0.2) is 53.5 Å². The fraction of sp³-hybridized carbons (Fsp3) is 0.318. The molecule has 0 radical (unpaired) electrons. The number of likely N-dealkylation sites (N-methyl/N-ethyl adjacent to an activating group) is 1. The first kappa shape index (κ1) is 19.9. The molecule has 0 spiro atoms. The van der Waals surface area contributed by atoms with Crippen LogP contribution in [0.3, 0.4) is 0 Å². The van der Waals surface area contributed by atoms with Gasteiger partial charge in [-0.3, -0.25) is 4.79 Å². The number of rotatable bonds is 3. The van der Waals surface area contributed by atoms with Gasteiger partial charge in [0, 0.05) is 22.7 Å². The van der Waals surface area contributed by atoms with Crippen LogP contribution in [0.4, 0.5) is 0 Å². The zero-order valence-corrected chi connectivity index (χ0v) is 18.0. The Balaban J connectivity index is 0.00000210. The van der Waals surface area contributed by atoms with Gasteiger partial charge in [-0.2, -0.15) is 0 Å². The number of quaternary nitrogens is 1. The maximum absolute atomic E-state index is 13.0. The highest BCUT2D eigenvalue weighted by atomic mass is 127. The summed E-state index contributed by atoms with van der Waals surface area (Å²) in [6.45, 7) is 5.85. The number of carbonyl (C=O) groups is 1. The lowest BCUT2D eigenvalue weighted by Crippen LogP contribution is -3.00. The Hall–Kier alpha value is -1.86. The molecule has 1 N–H and O–H groups in total. The van der Waals surface area contributed by atoms with E-state index >= 15 is 0 Å². The first-order valence-corrected chi connectivity index (χ1v) is 9.33. The Kier molecular flexibility index (Phi) is 5.91. The van der Waals surface area contributed by atoms with Crippen LogP contribution < -0.4 is 24.0 Å². The third kappa shape index (κ3) is 3.75. The summed E-state index contributed by atoms with van der Waals surface area (Å²) in [5.74, 6) is 0.140. The zero-order valence-electron chi connectivity index (χ0n) is 15.9. The van der Waals surface area contributed by atoms with Crippen LogP contribution in [0.15, 0.2) is 60.8 Å². The molecule has 1 aliphatic rings. The van der Waals surface area contributed by atoms with Gasteiger partial charge < -0.3 is 38.3 Å². The Labute approximate surface area is 177 Å². The number of amides is 1. The summed E-state index contributed by atoms with van der Waals surface area (Å²) in [5.41, 5.74) is 3.17. The molecule has 0 aliphatic carbocycles. The average Bonchev–Trinajstić information content (AvgIpc) is 3.12. The molecule has 1 amide bonds. The number of para-hydroxylation sites is 1. The van der Waals surface area contributed by atoms with Gasteiger partial charge in [-0.25, -0.2) is 0 Å². The summed E-state index contributed by atoms with van der Waals surface area (Å²) in [4.78, 5) is 18.2. The van der Waals surface area contributed by atoms with Crippen LogP contribution in [0, 0.1) is 0 Å². The SMILES string of the molecule is CC(c1ccccc1)[N+]1(C)CCN(C(=O)c2c[nH]c3ccccc23)CC1.[I-]. The molecule has 0 bridgehead atoms. The number of hydrogen-bond acceptors (Lipinski definition) is 1. The summed E-state index contributed by atoms with van der Waals surface area (Å²) < 4.78 is 0.974. The molecule has 1 aromatic heterocycles. The minimum absolute atomic E-state index is 0. The van der Waals surface area contributed by atoms with E-state index in [4.69, 9.17) is 0 Å². The van der Waals surface area contributed by atoms with Gasteiger partial charge >= 0.3 is 0 Å². The molecule has 2 heterocycles. The Morgan fingerprint density at radius 3 is 2.37 bits per heavy atom. The van der Waals surface area contributed by atoms with Gasteiger partial charge in [0.2, 0.25) is 0 Å². The number of halogens is 1. The predicted octanol–water partition coefficient (Wildman–Crippen LogP) is 0.836. The highest BCUT2D eigenvalue weighted by Gasteiger charge is 2.36. The number of nitrogens with zero attached hydrogens (tertiary/aromatic N) is 2. The van der Waals surface area contributed by atoms with Crippen molar-refractivity contribution in [3.8, 4) is 0 Å². The van der Waals surface area contributed by atoms with Gasteiger partial charge in [-0.1, -0.05) is 48.5 Å². The smallest absolute Gasteiger partial charge is 0.256 e. The lowest BCUT2D eigenvalue weighted by molar-refractivity contribution is -0.940. The molecule has 1 saturated heterocycles. The molecule has 1 aliphatic heterocycles. The molecular weight excluding hydrogens is 449 g/mol. The molecule has 2 aromatic carbocycles. The number of benzene rings is 2. The van der Waals surface area contributed by atoms with Crippen LogP contribution in [0.5, 0.6) is 0 Å². The van der Waals surface area contributed by atoms with Crippen LogP contribution in [-0.2, 0) is 0 Å². The maximum atomic E-state index is 13.0. The van der Waals surface area contributed by atoms with Crippen molar-refractivity contribution in [3.05, 3.63) is 71.9 Å². The minimum atomic E-state index is 0. The van der Waals surface area contributed by atoms with Crippen molar-refractivity contribution in [1.82, 2.24) is 9.88 Å². The third-order valence-corrected chi connectivity index (χ3v) is 6.09. The second kappa shape index (κ2) is 8.02. The highest BCUT2D eigenvalue weighted by Crippen LogP contribution is 2.29. The fourth-order valence-corrected chi connectivity index (χ4v) is 4.02. The number of hydrogen-bond donors (Lipinski definition) is 1. The molecule has 0 saturated carbocycles. The molecule has 1 fully saturated rings. The number of aromatic amines is 1. The van der Waals surface area contributed by atoms with Crippen LogP contribution in [0.25, 0.3) is 10.9 Å². The van der Waals surface area contributed by atoms with Crippen molar-refractivity contribution in [1.29, 1.82) is 0 Å². The summed E-state index contributed by atoms with van der Waals surface area (Å²) in [5, 5.41) is 1.01. The number of H-pyrrole nitrogens is 1. The van der Waals surface area contributed by atoms with E-state index in [0.717, 1.165) is 47.1 Å². The number of fused-ring (bicyclic) bond motifs is 1. The predicted molar refractivity (Wildman–Crippen MR) is 105 cm³/mol. The third-order valence-electron chi connectivity index (χ3n) is 6.09. The molecule has 4 rings (SSSR count). The zero-order chi connectivity index (χ0) is 18.1. The summed E-state index contributed by atoms with van der Waals surface area (Å²) in [6, 6.07) is 19.1. The topological polar surface area (TPSA) is 36.1 Å². The van der Waals surface area contributed by atoms with Gasteiger partial charge in [-0.05, 0) is 13.0 Å². The van der Waals surface area contributed by atoms with E-state index < -0.39 is 0 Å². The minimum Gasteiger partial charge on any atom is -1.00 e. The largest absolute Gasteiger partial charge is 1.00 e. The number of aromatic nitrogens is 1. The Morgan fingerprint density at radius 1 is 1.04 bits per heavy atom. The van der Waals surface area contributed by atoms with Crippen molar-refractivity contribution in [2.45, 2.75) is 13.0 Å². The van der Waals surface area contributed by atoms with E-state index in [1.165, 1.54) is 5.56 Å². The van der Waals surface area contributed by atoms with Gasteiger partial charge in [0.25, 0.3) is 5.91 Å². The van der Waals surface area contributed by atoms with Crippen molar-refractivity contribution in [3.63, 3.8) is 0 Å². The van der Waals surface area contributed by atoms with Crippen LogP contribution in [0.2, 0.25) is 0 Å². The van der Waals surface area contributed by atoms with Crippen molar-refractivity contribution in [2.75, 3.05) is 33.2 Å². The van der Waals surface area contributed by atoms with Gasteiger partial charge in [-0.15, -0.1) is 0 Å². The number of piperazine rings is 1. The molecule has 1 atom stereocenters. The molecule has 27 heavy (non-hydrogen) atoms. The molecule has 142 valence electrons. The lowest BCUT2D eigenvalue weighted by Gasteiger charge is -2.46. The maximum Gasteiger partial charge on any atom is 0.256 e. The first-order valence-electron chi connectivity index (χ1n) is 9.33. The average molecular weight is 475 g/mol. The summed E-state index contributed by atoms with van der Waals surface area (Å²) in [6.07, 6.45) is 1.85. The van der Waals surface area contributed by atoms with Gasteiger partial charge in [0.05, 0.1) is 38.8 Å². The molecule has 4 nitrogen and oxygen atoms in total. The van der Waals surface area contributed by atoms with Crippen LogP contribution in [0.1, 0.15) is 28.9 Å². The van der Waals surface area contributed by atoms with E-state index in [9.17, 15) is 4.79 Å².